The molecular formula is C28H36N6O4. The van der Waals surface area contributed by atoms with Crippen LogP contribution in [0.1, 0.15) is 52.7 Å². The summed E-state index contributed by atoms with van der Waals surface area (Å²) in [4.78, 5) is 28.1. The third kappa shape index (κ3) is 6.56. The topological polar surface area (TPSA) is 111 Å². The van der Waals surface area contributed by atoms with Gasteiger partial charge in [0.15, 0.2) is 5.69 Å². The van der Waals surface area contributed by atoms with E-state index in [1.165, 1.54) is 4.68 Å². The van der Waals surface area contributed by atoms with E-state index in [4.69, 9.17) is 9.47 Å². The standard InChI is InChI=1S/C28H36N6O4/c1-19-6-7-20(26(35)30-22-17-21(28(2,3)4)8-9-25(22)37-5)16-24(19)34-18-23(31-32-34)27(36)29-10-11-33-12-14-38-15-13-33/h6-9,16-18H,10-15H2,1-5H3,(H,29,36)(H,30,35). The van der Waals surface area contributed by atoms with Crippen molar-refractivity contribution in [3.8, 4) is 11.4 Å². The summed E-state index contributed by atoms with van der Waals surface area (Å²) < 4.78 is 12.3. The summed E-state index contributed by atoms with van der Waals surface area (Å²) >= 11 is 0. The number of morpholine rings is 1. The number of anilines is 1. The molecular weight excluding hydrogens is 484 g/mol. The first-order valence-corrected chi connectivity index (χ1v) is 12.8. The fourth-order valence-electron chi connectivity index (χ4n) is 4.19. The van der Waals surface area contributed by atoms with Crippen LogP contribution in [0.4, 0.5) is 5.69 Å². The fourth-order valence-corrected chi connectivity index (χ4v) is 4.19. The number of hydrogen-bond acceptors (Lipinski definition) is 7. The monoisotopic (exact) mass is 520 g/mol. The molecule has 202 valence electrons. The molecule has 1 saturated heterocycles. The molecule has 10 heteroatoms. The molecule has 0 unspecified atom stereocenters. The van der Waals surface area contributed by atoms with Crippen LogP contribution in [0.2, 0.25) is 0 Å². The maximum Gasteiger partial charge on any atom is 0.273 e. The van der Waals surface area contributed by atoms with E-state index in [2.05, 4.69) is 46.6 Å². The highest BCUT2D eigenvalue weighted by Gasteiger charge is 2.19. The lowest BCUT2D eigenvalue weighted by Gasteiger charge is -2.26. The number of rotatable bonds is 8. The van der Waals surface area contributed by atoms with Crippen LogP contribution >= 0.6 is 0 Å². The molecule has 0 spiro atoms. The van der Waals surface area contributed by atoms with E-state index < -0.39 is 0 Å². The Hall–Kier alpha value is -3.76. The maximum absolute atomic E-state index is 13.2. The van der Waals surface area contributed by atoms with Gasteiger partial charge in [0.1, 0.15) is 5.75 Å². The van der Waals surface area contributed by atoms with Crippen molar-refractivity contribution in [3.63, 3.8) is 0 Å². The minimum Gasteiger partial charge on any atom is -0.495 e. The van der Waals surface area contributed by atoms with Crippen molar-refractivity contribution in [1.82, 2.24) is 25.2 Å². The molecule has 2 amide bonds. The quantitative estimate of drug-likeness (QED) is 0.469. The van der Waals surface area contributed by atoms with Crippen LogP contribution in [-0.2, 0) is 10.2 Å². The first kappa shape index (κ1) is 27.3. The average Bonchev–Trinajstić information content (AvgIpc) is 3.39. The number of ether oxygens (including phenoxy) is 2. The highest BCUT2D eigenvalue weighted by molar-refractivity contribution is 6.05. The first-order chi connectivity index (χ1) is 18.2. The Labute approximate surface area is 223 Å². The van der Waals surface area contributed by atoms with Gasteiger partial charge in [-0.25, -0.2) is 4.68 Å². The fraction of sp³-hybridized carbons (Fsp3) is 0.429. The van der Waals surface area contributed by atoms with Gasteiger partial charge in [-0.2, -0.15) is 0 Å². The second-order valence-corrected chi connectivity index (χ2v) is 10.4. The molecule has 4 rings (SSSR count). The van der Waals surface area contributed by atoms with Gasteiger partial charge < -0.3 is 20.1 Å². The number of nitrogens with zero attached hydrogens (tertiary/aromatic N) is 4. The molecule has 10 nitrogen and oxygen atoms in total. The van der Waals surface area contributed by atoms with Crippen molar-refractivity contribution < 1.29 is 19.1 Å². The van der Waals surface area contributed by atoms with Crippen molar-refractivity contribution in [2.24, 2.45) is 0 Å². The van der Waals surface area contributed by atoms with Crippen LogP contribution in [0.15, 0.2) is 42.6 Å². The lowest BCUT2D eigenvalue weighted by molar-refractivity contribution is 0.0383. The normalized spacial score (nSPS) is 14.2. The average molecular weight is 521 g/mol. The Morgan fingerprint density at radius 2 is 1.84 bits per heavy atom. The summed E-state index contributed by atoms with van der Waals surface area (Å²) in [5.74, 6) is 0.0120. The maximum atomic E-state index is 13.2. The smallest absolute Gasteiger partial charge is 0.273 e. The van der Waals surface area contributed by atoms with Gasteiger partial charge in [-0.05, 0) is 47.7 Å². The van der Waals surface area contributed by atoms with Crippen molar-refractivity contribution in [1.29, 1.82) is 0 Å². The minimum atomic E-state index is -0.290. The zero-order chi connectivity index (χ0) is 27.3. The van der Waals surface area contributed by atoms with Crippen molar-refractivity contribution in [2.75, 3.05) is 51.8 Å². The molecule has 1 aromatic heterocycles. The molecule has 38 heavy (non-hydrogen) atoms. The van der Waals surface area contributed by atoms with Crippen LogP contribution in [0.5, 0.6) is 5.75 Å². The van der Waals surface area contributed by atoms with E-state index in [-0.39, 0.29) is 22.9 Å². The molecule has 0 atom stereocenters. The third-order valence-corrected chi connectivity index (χ3v) is 6.58. The van der Waals surface area contributed by atoms with Gasteiger partial charge in [-0.3, -0.25) is 14.5 Å². The third-order valence-electron chi connectivity index (χ3n) is 6.58. The molecule has 2 aromatic carbocycles. The van der Waals surface area contributed by atoms with Crippen molar-refractivity contribution in [3.05, 3.63) is 65.0 Å². The van der Waals surface area contributed by atoms with Crippen LogP contribution < -0.4 is 15.4 Å². The number of nitrogens with one attached hydrogen (secondary N) is 2. The SMILES string of the molecule is COc1ccc(C(C)(C)C)cc1NC(=O)c1ccc(C)c(-n2cc(C(=O)NCCN3CCOCC3)nn2)c1. The number of benzene rings is 2. The second-order valence-electron chi connectivity index (χ2n) is 10.4. The van der Waals surface area contributed by atoms with Gasteiger partial charge in [-0.15, -0.1) is 5.10 Å². The van der Waals surface area contributed by atoms with Gasteiger partial charge in [0.2, 0.25) is 0 Å². The largest absolute Gasteiger partial charge is 0.495 e. The van der Waals surface area contributed by atoms with E-state index >= 15 is 0 Å². The van der Waals surface area contributed by atoms with Gasteiger partial charge in [0.25, 0.3) is 11.8 Å². The van der Waals surface area contributed by atoms with Crippen LogP contribution in [0.3, 0.4) is 0 Å². The predicted molar refractivity (Wildman–Crippen MR) is 145 cm³/mol. The Kier molecular flexibility index (Phi) is 8.43. The Bertz CT molecular complexity index is 1290. The number of hydrogen-bond donors (Lipinski definition) is 2. The highest BCUT2D eigenvalue weighted by atomic mass is 16.5. The van der Waals surface area contributed by atoms with Gasteiger partial charge >= 0.3 is 0 Å². The summed E-state index contributed by atoms with van der Waals surface area (Å²) in [7, 11) is 1.58. The molecule has 0 saturated carbocycles. The lowest BCUT2D eigenvalue weighted by Crippen LogP contribution is -2.41. The van der Waals surface area contributed by atoms with Gasteiger partial charge in [0, 0.05) is 31.7 Å². The summed E-state index contributed by atoms with van der Waals surface area (Å²) in [5, 5.41) is 14.1. The van der Waals surface area contributed by atoms with Crippen molar-refractivity contribution >= 4 is 17.5 Å². The summed E-state index contributed by atoms with van der Waals surface area (Å²) in [6.07, 6.45) is 1.57. The molecule has 0 bridgehead atoms. The zero-order valence-electron chi connectivity index (χ0n) is 22.7. The van der Waals surface area contributed by atoms with E-state index in [0.717, 1.165) is 44.0 Å². The molecule has 1 aliphatic heterocycles. The Morgan fingerprint density at radius 3 is 2.55 bits per heavy atom. The zero-order valence-corrected chi connectivity index (χ0v) is 22.7. The predicted octanol–water partition coefficient (Wildman–Crippen LogP) is 3.20. The van der Waals surface area contributed by atoms with Crippen LogP contribution in [0.25, 0.3) is 5.69 Å². The lowest BCUT2D eigenvalue weighted by atomic mass is 9.87. The number of carbonyl (C=O) groups excluding carboxylic acids is 2. The Balaban J connectivity index is 1.46. The first-order valence-electron chi connectivity index (χ1n) is 12.8. The van der Waals surface area contributed by atoms with E-state index in [9.17, 15) is 9.59 Å². The number of aromatic nitrogens is 3. The summed E-state index contributed by atoms with van der Waals surface area (Å²) in [6.45, 7) is 12.7. The summed E-state index contributed by atoms with van der Waals surface area (Å²) in [5.41, 5.74) is 3.81. The van der Waals surface area contributed by atoms with Crippen LogP contribution in [-0.4, -0.2) is 78.2 Å². The number of carbonyl (C=O) groups is 2. The van der Waals surface area contributed by atoms with E-state index in [1.807, 2.05) is 31.2 Å². The summed E-state index contributed by atoms with van der Waals surface area (Å²) in [6, 6.07) is 11.1. The second kappa shape index (κ2) is 11.7. The molecule has 3 aromatic rings. The van der Waals surface area contributed by atoms with E-state index in [1.54, 1.807) is 25.4 Å². The number of aryl methyl sites for hydroxylation is 1. The van der Waals surface area contributed by atoms with E-state index in [0.29, 0.717) is 29.2 Å². The molecule has 1 fully saturated rings. The number of methoxy groups -OCH3 is 1. The molecule has 1 aliphatic rings. The molecule has 2 heterocycles. The van der Waals surface area contributed by atoms with Crippen LogP contribution in [0, 0.1) is 6.92 Å². The van der Waals surface area contributed by atoms with Gasteiger partial charge in [0.05, 0.1) is 37.9 Å². The molecule has 2 N–H and O–H groups in total. The molecule has 0 aliphatic carbocycles. The Morgan fingerprint density at radius 1 is 1.08 bits per heavy atom. The minimum absolute atomic E-state index is 0.0810. The van der Waals surface area contributed by atoms with Crippen molar-refractivity contribution in [2.45, 2.75) is 33.1 Å². The van der Waals surface area contributed by atoms with Gasteiger partial charge in [-0.1, -0.05) is 38.1 Å². The highest BCUT2D eigenvalue weighted by Crippen LogP contribution is 2.32. The molecule has 0 radical (unpaired) electrons. The number of amides is 2.